The monoisotopic (exact) mass is 430 g/mol. The predicted molar refractivity (Wildman–Crippen MR) is 103 cm³/mol. The second-order valence-corrected chi connectivity index (χ2v) is 8.95. The van der Waals surface area contributed by atoms with Gasteiger partial charge in [0.2, 0.25) is 0 Å². The minimum Gasteiger partial charge on any atom is -0.348 e. The van der Waals surface area contributed by atoms with Crippen LogP contribution >= 0.6 is 0 Å². The molecule has 1 aliphatic heterocycles. The van der Waals surface area contributed by atoms with E-state index in [0.717, 1.165) is 6.08 Å². The second kappa shape index (κ2) is 8.95. The molecule has 6 atom stereocenters. The molecule has 0 aromatic rings. The summed E-state index contributed by atoms with van der Waals surface area (Å²) < 4.78 is 81.6. The fraction of sp³-hybridized carbons (Fsp3) is 0.652. The maximum Gasteiger partial charge on any atom is 0.183 e. The number of alkyl halides is 2. The van der Waals surface area contributed by atoms with E-state index < -0.39 is 48.0 Å². The van der Waals surface area contributed by atoms with Crippen molar-refractivity contribution in [2.24, 2.45) is 29.6 Å². The Morgan fingerprint density at radius 3 is 2.20 bits per heavy atom. The molecular formula is C23H27F5O2. The fourth-order valence-electron chi connectivity index (χ4n) is 4.89. The van der Waals surface area contributed by atoms with Crippen molar-refractivity contribution < 1.29 is 31.4 Å². The topological polar surface area (TPSA) is 18.5 Å². The highest BCUT2D eigenvalue weighted by atomic mass is 19.2. The van der Waals surface area contributed by atoms with E-state index in [1.165, 1.54) is 12.2 Å². The Morgan fingerprint density at radius 2 is 1.57 bits per heavy atom. The Hall–Kier alpha value is -1.47. The summed E-state index contributed by atoms with van der Waals surface area (Å²) in [6.45, 7) is 3.12. The summed E-state index contributed by atoms with van der Waals surface area (Å²) in [4.78, 5) is 0. The lowest BCUT2D eigenvalue weighted by Crippen LogP contribution is -2.33. The third-order valence-electron chi connectivity index (χ3n) is 6.63. The Labute approximate surface area is 173 Å². The van der Waals surface area contributed by atoms with E-state index >= 15 is 0 Å². The van der Waals surface area contributed by atoms with E-state index in [1.807, 2.05) is 13.0 Å². The summed E-state index contributed by atoms with van der Waals surface area (Å²) in [7, 11) is 0. The average Bonchev–Trinajstić information content (AvgIpc) is 2.72. The first-order valence-corrected chi connectivity index (χ1v) is 10.7. The fourth-order valence-corrected chi connectivity index (χ4v) is 4.89. The SMILES string of the molecule is CC1COC(C2=CCC(C3C=C(F)C(C4C=C(F)C(F)C(F)C4)CC3)C(F)=C2)OC1. The molecule has 0 amide bonds. The van der Waals surface area contributed by atoms with Gasteiger partial charge in [0.15, 0.2) is 12.5 Å². The molecule has 7 heteroatoms. The van der Waals surface area contributed by atoms with Crippen LogP contribution in [0.2, 0.25) is 0 Å². The summed E-state index contributed by atoms with van der Waals surface area (Å²) in [5.41, 5.74) is 0.645. The van der Waals surface area contributed by atoms with Crippen molar-refractivity contribution in [3.05, 3.63) is 47.4 Å². The molecule has 166 valence electrons. The van der Waals surface area contributed by atoms with Crippen LogP contribution in [0.25, 0.3) is 0 Å². The third-order valence-corrected chi connectivity index (χ3v) is 6.63. The van der Waals surface area contributed by atoms with Gasteiger partial charge in [-0.2, -0.15) is 0 Å². The van der Waals surface area contributed by atoms with Gasteiger partial charge in [0.1, 0.15) is 17.8 Å². The Bertz CT molecular complexity index is 766. The summed E-state index contributed by atoms with van der Waals surface area (Å²) in [5, 5.41) is 0. The van der Waals surface area contributed by atoms with Crippen molar-refractivity contribution in [1.82, 2.24) is 0 Å². The van der Waals surface area contributed by atoms with Crippen LogP contribution < -0.4 is 0 Å². The highest BCUT2D eigenvalue weighted by molar-refractivity contribution is 5.31. The lowest BCUT2D eigenvalue weighted by molar-refractivity contribution is -0.175. The van der Waals surface area contributed by atoms with Crippen LogP contribution in [0.4, 0.5) is 22.0 Å². The number of allylic oxidation sites excluding steroid dienone is 6. The summed E-state index contributed by atoms with van der Waals surface area (Å²) >= 11 is 0. The van der Waals surface area contributed by atoms with E-state index in [2.05, 4.69) is 0 Å². The predicted octanol–water partition coefficient (Wildman–Crippen LogP) is 6.22. The van der Waals surface area contributed by atoms with E-state index in [-0.39, 0.29) is 18.2 Å². The van der Waals surface area contributed by atoms with Crippen molar-refractivity contribution in [3.63, 3.8) is 0 Å². The first-order valence-electron chi connectivity index (χ1n) is 10.7. The van der Waals surface area contributed by atoms with Crippen LogP contribution in [0.15, 0.2) is 47.4 Å². The molecule has 0 spiro atoms. The lowest BCUT2D eigenvalue weighted by atomic mass is 9.71. The molecule has 6 unspecified atom stereocenters. The van der Waals surface area contributed by atoms with E-state index in [0.29, 0.717) is 44.0 Å². The number of ether oxygens (including phenoxy) is 2. The van der Waals surface area contributed by atoms with Gasteiger partial charge in [0.05, 0.1) is 19.0 Å². The molecule has 0 bridgehead atoms. The van der Waals surface area contributed by atoms with Gasteiger partial charge >= 0.3 is 0 Å². The first-order chi connectivity index (χ1) is 14.3. The standard InChI is InChI=1S/C23H27F5O2/c1-12-10-29-23(30-11-12)14-3-5-16(19(25)7-14)13-2-4-17(18(24)6-13)15-8-20(26)22(28)21(27)9-15/h3,6-8,12-13,15-17,21-23H,2,4-5,9-11H2,1H3. The number of rotatable bonds is 3. The smallest absolute Gasteiger partial charge is 0.183 e. The third kappa shape index (κ3) is 4.42. The van der Waals surface area contributed by atoms with Crippen molar-refractivity contribution >= 4 is 0 Å². The van der Waals surface area contributed by atoms with Gasteiger partial charge in [-0.1, -0.05) is 13.0 Å². The van der Waals surface area contributed by atoms with Gasteiger partial charge < -0.3 is 9.47 Å². The largest absolute Gasteiger partial charge is 0.348 e. The highest BCUT2D eigenvalue weighted by Gasteiger charge is 2.40. The van der Waals surface area contributed by atoms with Gasteiger partial charge in [-0.15, -0.1) is 0 Å². The van der Waals surface area contributed by atoms with Crippen LogP contribution in [0.1, 0.15) is 32.6 Å². The molecule has 2 nitrogen and oxygen atoms in total. The Morgan fingerprint density at radius 1 is 0.867 bits per heavy atom. The van der Waals surface area contributed by atoms with Gasteiger partial charge in [0.25, 0.3) is 0 Å². The van der Waals surface area contributed by atoms with Crippen LogP contribution in [-0.4, -0.2) is 31.8 Å². The Balaban J connectivity index is 1.41. The van der Waals surface area contributed by atoms with Gasteiger partial charge in [-0.3, -0.25) is 0 Å². The zero-order valence-corrected chi connectivity index (χ0v) is 16.9. The van der Waals surface area contributed by atoms with Crippen molar-refractivity contribution in [3.8, 4) is 0 Å². The minimum atomic E-state index is -2.26. The van der Waals surface area contributed by atoms with Gasteiger partial charge in [-0.05, 0) is 55.7 Å². The molecule has 0 saturated carbocycles. The van der Waals surface area contributed by atoms with Crippen LogP contribution in [0.3, 0.4) is 0 Å². The number of halogens is 5. The molecule has 30 heavy (non-hydrogen) atoms. The van der Waals surface area contributed by atoms with Crippen molar-refractivity contribution in [2.45, 2.75) is 51.2 Å². The van der Waals surface area contributed by atoms with Crippen LogP contribution in [0, 0.1) is 29.6 Å². The van der Waals surface area contributed by atoms with Crippen LogP contribution in [-0.2, 0) is 9.47 Å². The first kappa shape index (κ1) is 21.8. The van der Waals surface area contributed by atoms with E-state index in [1.54, 1.807) is 0 Å². The maximum atomic E-state index is 14.8. The summed E-state index contributed by atoms with van der Waals surface area (Å²) in [5.74, 6) is -3.91. The normalized spacial score (nSPS) is 42.7. The average molecular weight is 430 g/mol. The molecule has 1 heterocycles. The lowest BCUT2D eigenvalue weighted by Gasteiger charge is -2.36. The Kier molecular flexibility index (Phi) is 6.49. The zero-order chi connectivity index (χ0) is 21.4. The molecule has 0 radical (unpaired) electrons. The molecule has 1 saturated heterocycles. The van der Waals surface area contributed by atoms with E-state index in [9.17, 15) is 22.0 Å². The zero-order valence-electron chi connectivity index (χ0n) is 16.9. The molecule has 1 fully saturated rings. The molecule has 0 aromatic carbocycles. The molecular weight excluding hydrogens is 403 g/mol. The molecule has 0 N–H and O–H groups in total. The molecule has 4 rings (SSSR count). The van der Waals surface area contributed by atoms with Gasteiger partial charge in [0, 0.05) is 23.3 Å². The van der Waals surface area contributed by atoms with Gasteiger partial charge in [-0.25, -0.2) is 22.0 Å². The van der Waals surface area contributed by atoms with E-state index in [4.69, 9.17) is 9.47 Å². The second-order valence-electron chi connectivity index (χ2n) is 8.95. The number of hydrogen-bond donors (Lipinski definition) is 0. The van der Waals surface area contributed by atoms with Crippen molar-refractivity contribution in [1.29, 1.82) is 0 Å². The number of hydrogen-bond acceptors (Lipinski definition) is 2. The van der Waals surface area contributed by atoms with Crippen LogP contribution in [0.5, 0.6) is 0 Å². The summed E-state index contributed by atoms with van der Waals surface area (Å²) in [6, 6.07) is 0. The highest BCUT2D eigenvalue weighted by Crippen LogP contribution is 2.45. The quantitative estimate of drug-likeness (QED) is 0.495. The van der Waals surface area contributed by atoms with Crippen molar-refractivity contribution in [2.75, 3.05) is 13.2 Å². The maximum absolute atomic E-state index is 14.8. The summed E-state index contributed by atoms with van der Waals surface area (Å²) in [6.07, 6.45) is 1.92. The minimum absolute atomic E-state index is 0.241. The molecule has 4 aliphatic rings. The molecule has 3 aliphatic carbocycles. The molecule has 0 aromatic heterocycles.